The summed E-state index contributed by atoms with van der Waals surface area (Å²) in [4.78, 5) is 22.4. The van der Waals surface area contributed by atoms with E-state index in [9.17, 15) is 26.4 Å². The van der Waals surface area contributed by atoms with Crippen LogP contribution >= 0.6 is 15.9 Å². The molecule has 176 valence electrons. The maximum atomic E-state index is 12.9. The Morgan fingerprint density at radius 1 is 1.09 bits per heavy atom. The number of amides is 1. The normalized spacial score (nSPS) is 18.9. The van der Waals surface area contributed by atoms with E-state index in [1.165, 1.54) is 4.90 Å². The summed E-state index contributed by atoms with van der Waals surface area (Å²) in [6.45, 7) is 5.55. The Morgan fingerprint density at radius 2 is 1.66 bits per heavy atom. The van der Waals surface area contributed by atoms with Gasteiger partial charge in [0.15, 0.2) is 5.66 Å². The van der Waals surface area contributed by atoms with Crippen molar-refractivity contribution in [3.8, 4) is 0 Å². The van der Waals surface area contributed by atoms with Gasteiger partial charge in [-0.15, -0.1) is 0 Å². The Labute approximate surface area is 191 Å². The number of alkyl halides is 3. The van der Waals surface area contributed by atoms with Gasteiger partial charge < -0.3 is 13.8 Å². The van der Waals surface area contributed by atoms with E-state index in [0.29, 0.717) is 10.0 Å². The fraction of sp³-hybridized carbons (Fsp3) is 0.526. The minimum atomic E-state index is -5.94. The van der Waals surface area contributed by atoms with Gasteiger partial charge in [-0.05, 0) is 32.9 Å². The van der Waals surface area contributed by atoms with Crippen LogP contribution in [0.2, 0.25) is 0 Å². The molecule has 1 aromatic rings. The number of halogens is 4. The molecule has 1 amide bonds. The molecule has 2 aliphatic heterocycles. The number of aliphatic imine (C=N–C) groups is 2. The van der Waals surface area contributed by atoms with Crippen LogP contribution in [0.15, 0.2) is 38.7 Å². The number of ether oxygens (including phenoxy) is 1. The highest BCUT2D eigenvalue weighted by Crippen LogP contribution is 2.36. The predicted molar refractivity (Wildman–Crippen MR) is 114 cm³/mol. The highest BCUT2D eigenvalue weighted by molar-refractivity contribution is 9.10. The molecule has 0 aliphatic carbocycles. The summed E-state index contributed by atoms with van der Waals surface area (Å²) in [7, 11) is -5.94. The van der Waals surface area contributed by atoms with Crippen LogP contribution in [-0.2, 0) is 19.0 Å². The number of likely N-dealkylation sites (tertiary alicyclic amines) is 1. The Balaban J connectivity index is 1.89. The molecule has 1 aromatic carbocycles. The van der Waals surface area contributed by atoms with Crippen LogP contribution in [0.3, 0.4) is 0 Å². The zero-order valence-corrected chi connectivity index (χ0v) is 19.8. The van der Waals surface area contributed by atoms with Gasteiger partial charge in [-0.25, -0.2) is 14.8 Å². The first-order valence-corrected chi connectivity index (χ1v) is 11.8. The second kappa shape index (κ2) is 8.32. The van der Waals surface area contributed by atoms with Crippen molar-refractivity contribution >= 4 is 43.8 Å². The third kappa shape index (κ3) is 5.42. The van der Waals surface area contributed by atoms with Gasteiger partial charge in [-0.3, -0.25) is 0 Å². The summed E-state index contributed by atoms with van der Waals surface area (Å²) in [5, 5.41) is 0. The van der Waals surface area contributed by atoms with E-state index >= 15 is 0 Å². The third-order valence-corrected chi connectivity index (χ3v) is 6.11. The van der Waals surface area contributed by atoms with Crippen molar-refractivity contribution in [2.75, 3.05) is 13.1 Å². The van der Waals surface area contributed by atoms with Crippen molar-refractivity contribution in [2.24, 2.45) is 9.98 Å². The third-order valence-electron chi connectivity index (χ3n) is 4.64. The summed E-state index contributed by atoms with van der Waals surface area (Å²) in [5.41, 5.74) is -7.29. The molecule has 0 radical (unpaired) electrons. The predicted octanol–water partition coefficient (Wildman–Crippen LogP) is 4.24. The molecule has 3 rings (SSSR count). The molecular weight excluding hydrogens is 519 g/mol. The Morgan fingerprint density at radius 3 is 2.16 bits per heavy atom. The lowest BCUT2D eigenvalue weighted by Crippen LogP contribution is -2.46. The van der Waals surface area contributed by atoms with Gasteiger partial charge in [0.25, 0.3) is 5.90 Å². The molecule has 2 heterocycles. The Hall–Kier alpha value is -2.15. The maximum absolute atomic E-state index is 12.9. The lowest BCUT2D eigenvalue weighted by atomic mass is 9.99. The smallest absolute Gasteiger partial charge is 0.444 e. The van der Waals surface area contributed by atoms with E-state index < -0.39 is 38.9 Å². The average molecular weight is 540 g/mol. The second-order valence-corrected chi connectivity index (χ2v) is 10.8. The molecule has 2 aliphatic rings. The van der Waals surface area contributed by atoms with Gasteiger partial charge in [0.05, 0.1) is 0 Å². The molecule has 0 unspecified atom stereocenters. The fourth-order valence-corrected chi connectivity index (χ4v) is 3.81. The lowest BCUT2D eigenvalue weighted by Gasteiger charge is -2.36. The van der Waals surface area contributed by atoms with Crippen LogP contribution < -0.4 is 0 Å². The number of rotatable bonds is 2. The molecule has 32 heavy (non-hydrogen) atoms. The van der Waals surface area contributed by atoms with E-state index in [4.69, 9.17) is 4.74 Å². The standard InChI is InChI=1S/C19H21BrF3N3O5S/c1-17(2,3)30-16(27)26-10-8-18(9-11-26)24-14(12-4-6-13(20)7-5-12)15(25-18)31-32(28,29)19(21,22)23/h4-7H,8-11H2,1-3H3. The first kappa shape index (κ1) is 24.5. The van der Waals surface area contributed by atoms with E-state index in [1.54, 1.807) is 45.0 Å². The van der Waals surface area contributed by atoms with E-state index in [0.717, 1.165) is 0 Å². The highest BCUT2D eigenvalue weighted by atomic mass is 79.9. The summed E-state index contributed by atoms with van der Waals surface area (Å²) < 4.78 is 72.4. The van der Waals surface area contributed by atoms with Crippen LogP contribution in [0.25, 0.3) is 0 Å². The van der Waals surface area contributed by atoms with E-state index in [2.05, 4.69) is 30.1 Å². The quantitative estimate of drug-likeness (QED) is 0.413. The van der Waals surface area contributed by atoms with Crippen molar-refractivity contribution in [3.63, 3.8) is 0 Å². The van der Waals surface area contributed by atoms with Gasteiger partial charge in [0, 0.05) is 36.0 Å². The number of hydrogen-bond donors (Lipinski definition) is 0. The average Bonchev–Trinajstić information content (AvgIpc) is 2.97. The number of carbonyl (C=O) groups excluding carboxylic acids is 1. The van der Waals surface area contributed by atoms with E-state index in [1.807, 2.05) is 0 Å². The van der Waals surface area contributed by atoms with Gasteiger partial charge in [-0.1, -0.05) is 28.1 Å². The van der Waals surface area contributed by atoms with Gasteiger partial charge in [0.2, 0.25) is 0 Å². The minimum Gasteiger partial charge on any atom is -0.444 e. The largest absolute Gasteiger partial charge is 0.534 e. The fourth-order valence-electron chi connectivity index (χ4n) is 3.13. The summed E-state index contributed by atoms with van der Waals surface area (Å²) in [6.07, 6.45) is -0.210. The van der Waals surface area contributed by atoms with Crippen molar-refractivity contribution in [1.82, 2.24) is 4.90 Å². The summed E-state index contributed by atoms with van der Waals surface area (Å²) >= 11 is 3.26. The number of nitrogens with zero attached hydrogens (tertiary/aromatic N) is 3. The molecule has 0 saturated carbocycles. The Kier molecular flexibility index (Phi) is 6.37. The van der Waals surface area contributed by atoms with Gasteiger partial charge in [0.1, 0.15) is 11.3 Å². The Bertz CT molecular complexity index is 1060. The molecule has 1 spiro atoms. The summed E-state index contributed by atoms with van der Waals surface area (Å²) in [6, 6.07) is 6.36. The lowest BCUT2D eigenvalue weighted by molar-refractivity contribution is -0.0504. The molecule has 0 bridgehead atoms. The molecule has 13 heteroatoms. The maximum Gasteiger partial charge on any atom is 0.534 e. The van der Waals surface area contributed by atoms with Gasteiger partial charge in [-0.2, -0.15) is 21.6 Å². The van der Waals surface area contributed by atoms with Crippen LogP contribution in [0.4, 0.5) is 18.0 Å². The topological polar surface area (TPSA) is 97.6 Å². The van der Waals surface area contributed by atoms with Gasteiger partial charge >= 0.3 is 21.7 Å². The molecule has 0 atom stereocenters. The second-order valence-electron chi connectivity index (χ2n) is 8.32. The van der Waals surface area contributed by atoms with E-state index in [-0.39, 0.29) is 31.6 Å². The number of piperidine rings is 1. The van der Waals surface area contributed by atoms with Crippen molar-refractivity contribution in [3.05, 3.63) is 34.3 Å². The molecule has 1 fully saturated rings. The highest BCUT2D eigenvalue weighted by Gasteiger charge is 2.51. The van der Waals surface area contributed by atoms with Crippen LogP contribution in [0, 0.1) is 0 Å². The molecule has 8 nitrogen and oxygen atoms in total. The molecule has 1 saturated heterocycles. The van der Waals surface area contributed by atoms with Crippen molar-refractivity contribution in [1.29, 1.82) is 0 Å². The number of hydrogen-bond acceptors (Lipinski definition) is 7. The minimum absolute atomic E-state index is 0.101. The SMILES string of the molecule is CC(C)(C)OC(=O)N1CCC2(CC1)N=C(OS(=O)(=O)C(F)(F)F)C(c1ccc(Br)cc1)=N2. The van der Waals surface area contributed by atoms with Crippen LogP contribution in [-0.4, -0.2) is 60.9 Å². The zero-order valence-electron chi connectivity index (χ0n) is 17.4. The first-order valence-electron chi connectivity index (χ1n) is 9.56. The number of benzene rings is 1. The monoisotopic (exact) mass is 539 g/mol. The van der Waals surface area contributed by atoms with Crippen molar-refractivity contribution < 1.29 is 35.3 Å². The zero-order chi connectivity index (χ0) is 23.9. The molecule has 0 N–H and O–H groups in total. The number of carbonyl (C=O) groups is 1. The molecular formula is C19H21BrF3N3O5S. The van der Waals surface area contributed by atoms with Crippen molar-refractivity contribution in [2.45, 2.75) is 50.4 Å². The summed E-state index contributed by atoms with van der Waals surface area (Å²) in [5.74, 6) is -0.727. The van der Waals surface area contributed by atoms with Crippen LogP contribution in [0.5, 0.6) is 0 Å². The molecule has 0 aromatic heterocycles. The van der Waals surface area contributed by atoms with Crippen LogP contribution in [0.1, 0.15) is 39.2 Å². The first-order chi connectivity index (χ1) is 14.6.